The molecular formula is C12H21NO2. The van der Waals surface area contributed by atoms with Crippen LogP contribution in [0.15, 0.2) is 0 Å². The van der Waals surface area contributed by atoms with Crippen molar-refractivity contribution in [2.75, 3.05) is 13.2 Å². The molecule has 1 heterocycles. The van der Waals surface area contributed by atoms with Crippen LogP contribution in [0, 0.1) is 5.92 Å². The molecule has 1 aliphatic carbocycles. The smallest absolute Gasteiger partial charge is 0.307 e. The van der Waals surface area contributed by atoms with E-state index in [0.29, 0.717) is 19.1 Å². The van der Waals surface area contributed by atoms with Gasteiger partial charge in [-0.15, -0.1) is 0 Å². The van der Waals surface area contributed by atoms with E-state index < -0.39 is 0 Å². The molecule has 1 aliphatic heterocycles. The fourth-order valence-electron chi connectivity index (χ4n) is 2.31. The van der Waals surface area contributed by atoms with E-state index in [2.05, 4.69) is 5.32 Å². The summed E-state index contributed by atoms with van der Waals surface area (Å²) in [6.45, 7) is 1.69. The van der Waals surface area contributed by atoms with E-state index in [1.807, 2.05) is 0 Å². The van der Waals surface area contributed by atoms with Crippen LogP contribution < -0.4 is 5.32 Å². The summed E-state index contributed by atoms with van der Waals surface area (Å²) in [5.41, 5.74) is 0. The Hall–Kier alpha value is -0.570. The molecule has 86 valence electrons. The van der Waals surface area contributed by atoms with Crippen molar-refractivity contribution < 1.29 is 9.53 Å². The van der Waals surface area contributed by atoms with E-state index >= 15 is 0 Å². The zero-order chi connectivity index (χ0) is 10.5. The van der Waals surface area contributed by atoms with E-state index in [1.54, 1.807) is 0 Å². The Bertz CT molecular complexity index is 208. The second kappa shape index (κ2) is 5.50. The number of esters is 1. The topological polar surface area (TPSA) is 38.3 Å². The monoisotopic (exact) mass is 211 g/mol. The molecule has 1 unspecified atom stereocenters. The average molecular weight is 211 g/mol. The van der Waals surface area contributed by atoms with Gasteiger partial charge in [0.25, 0.3) is 0 Å². The molecule has 1 N–H and O–H groups in total. The Morgan fingerprint density at radius 1 is 1.27 bits per heavy atom. The van der Waals surface area contributed by atoms with Crippen LogP contribution in [0.2, 0.25) is 0 Å². The summed E-state index contributed by atoms with van der Waals surface area (Å²) >= 11 is 0. The zero-order valence-corrected chi connectivity index (χ0v) is 9.34. The minimum absolute atomic E-state index is 0.0197. The van der Waals surface area contributed by atoms with Crippen molar-refractivity contribution in [2.24, 2.45) is 5.92 Å². The number of nitrogens with one attached hydrogen (secondary N) is 1. The summed E-state index contributed by atoms with van der Waals surface area (Å²) in [7, 11) is 0. The summed E-state index contributed by atoms with van der Waals surface area (Å²) in [5.74, 6) is 0.816. The van der Waals surface area contributed by atoms with Crippen LogP contribution in [0.4, 0.5) is 0 Å². The minimum Gasteiger partial charge on any atom is -0.466 e. The van der Waals surface area contributed by atoms with Crippen molar-refractivity contribution >= 4 is 5.97 Å². The number of hydrogen-bond acceptors (Lipinski definition) is 3. The van der Waals surface area contributed by atoms with Crippen molar-refractivity contribution in [3.63, 3.8) is 0 Å². The number of ether oxygens (including phenoxy) is 1. The van der Waals surface area contributed by atoms with Gasteiger partial charge in [-0.2, -0.15) is 0 Å². The molecule has 2 aliphatic rings. The Labute approximate surface area is 91.6 Å². The first-order valence-corrected chi connectivity index (χ1v) is 6.23. The normalized spacial score (nSPS) is 26.3. The SMILES string of the molecule is O=C(CC1CCCN1)OCCC1CCC1. The number of carbonyl (C=O) groups is 1. The molecule has 0 aromatic heterocycles. The molecule has 0 spiro atoms. The van der Waals surface area contributed by atoms with E-state index in [-0.39, 0.29) is 5.97 Å². The van der Waals surface area contributed by atoms with Gasteiger partial charge in [0.1, 0.15) is 0 Å². The molecule has 0 bridgehead atoms. The molecule has 0 aromatic carbocycles. The van der Waals surface area contributed by atoms with Crippen LogP contribution in [-0.2, 0) is 9.53 Å². The standard InChI is InChI=1S/C12H21NO2/c14-12(9-11-5-2-7-13-11)15-8-6-10-3-1-4-10/h10-11,13H,1-9H2. The molecule has 15 heavy (non-hydrogen) atoms. The van der Waals surface area contributed by atoms with Gasteiger partial charge in [0.2, 0.25) is 0 Å². The largest absolute Gasteiger partial charge is 0.466 e. The maximum atomic E-state index is 11.4. The summed E-state index contributed by atoms with van der Waals surface area (Å²) in [5, 5.41) is 3.31. The molecule has 2 fully saturated rings. The Kier molecular flexibility index (Phi) is 4.01. The first kappa shape index (κ1) is 10.9. The molecule has 3 nitrogen and oxygen atoms in total. The quantitative estimate of drug-likeness (QED) is 0.705. The van der Waals surface area contributed by atoms with Gasteiger partial charge in [-0.1, -0.05) is 19.3 Å². The molecule has 3 heteroatoms. The molecule has 0 radical (unpaired) electrons. The van der Waals surface area contributed by atoms with E-state index in [4.69, 9.17) is 4.74 Å². The molecule has 2 rings (SSSR count). The van der Waals surface area contributed by atoms with Gasteiger partial charge in [-0.05, 0) is 31.7 Å². The van der Waals surface area contributed by atoms with Crippen LogP contribution in [0.25, 0.3) is 0 Å². The number of carbonyl (C=O) groups excluding carboxylic acids is 1. The lowest BCUT2D eigenvalue weighted by atomic mass is 9.83. The molecule has 0 aromatic rings. The second-order valence-corrected chi connectivity index (χ2v) is 4.80. The summed E-state index contributed by atoms with van der Waals surface area (Å²) in [4.78, 5) is 11.4. The lowest BCUT2D eigenvalue weighted by Crippen LogP contribution is -2.26. The first-order valence-electron chi connectivity index (χ1n) is 6.23. The number of rotatable bonds is 5. The third kappa shape index (κ3) is 3.49. The minimum atomic E-state index is -0.0197. The van der Waals surface area contributed by atoms with Gasteiger partial charge in [-0.3, -0.25) is 4.79 Å². The lowest BCUT2D eigenvalue weighted by Gasteiger charge is -2.24. The maximum Gasteiger partial charge on any atom is 0.307 e. The van der Waals surface area contributed by atoms with Gasteiger partial charge in [0.15, 0.2) is 0 Å². The Morgan fingerprint density at radius 3 is 2.73 bits per heavy atom. The molecular weight excluding hydrogens is 190 g/mol. The van der Waals surface area contributed by atoms with Gasteiger partial charge in [-0.25, -0.2) is 0 Å². The Balaban J connectivity index is 1.51. The first-order chi connectivity index (χ1) is 7.34. The third-order valence-corrected chi connectivity index (χ3v) is 3.59. The van der Waals surface area contributed by atoms with Gasteiger partial charge >= 0.3 is 5.97 Å². The number of hydrogen-bond donors (Lipinski definition) is 1. The van der Waals surface area contributed by atoms with Crippen LogP contribution in [0.5, 0.6) is 0 Å². The van der Waals surface area contributed by atoms with Crippen molar-refractivity contribution in [3.8, 4) is 0 Å². The van der Waals surface area contributed by atoms with Crippen molar-refractivity contribution in [1.29, 1.82) is 0 Å². The predicted octanol–water partition coefficient (Wildman–Crippen LogP) is 1.86. The highest BCUT2D eigenvalue weighted by Gasteiger charge is 2.20. The highest BCUT2D eigenvalue weighted by molar-refractivity contribution is 5.70. The molecule has 1 atom stereocenters. The van der Waals surface area contributed by atoms with Crippen molar-refractivity contribution in [2.45, 2.75) is 51.0 Å². The van der Waals surface area contributed by atoms with Gasteiger partial charge in [0, 0.05) is 6.04 Å². The van der Waals surface area contributed by atoms with E-state index in [9.17, 15) is 4.79 Å². The maximum absolute atomic E-state index is 11.4. The summed E-state index contributed by atoms with van der Waals surface area (Å²) < 4.78 is 5.23. The average Bonchev–Trinajstić information content (AvgIpc) is 2.62. The predicted molar refractivity (Wildman–Crippen MR) is 58.6 cm³/mol. The van der Waals surface area contributed by atoms with Crippen molar-refractivity contribution in [1.82, 2.24) is 5.32 Å². The van der Waals surface area contributed by atoms with Crippen LogP contribution >= 0.6 is 0 Å². The fourth-order valence-corrected chi connectivity index (χ4v) is 2.31. The third-order valence-electron chi connectivity index (χ3n) is 3.59. The second-order valence-electron chi connectivity index (χ2n) is 4.80. The summed E-state index contributed by atoms with van der Waals surface area (Å²) in [6.07, 6.45) is 7.99. The lowest BCUT2D eigenvalue weighted by molar-refractivity contribution is -0.144. The zero-order valence-electron chi connectivity index (χ0n) is 9.34. The van der Waals surface area contributed by atoms with E-state index in [0.717, 1.165) is 25.3 Å². The highest BCUT2D eigenvalue weighted by Crippen LogP contribution is 2.29. The Morgan fingerprint density at radius 2 is 2.13 bits per heavy atom. The highest BCUT2D eigenvalue weighted by atomic mass is 16.5. The fraction of sp³-hybridized carbons (Fsp3) is 0.917. The molecule has 0 amide bonds. The van der Waals surface area contributed by atoms with Crippen LogP contribution in [0.3, 0.4) is 0 Å². The van der Waals surface area contributed by atoms with Crippen molar-refractivity contribution in [3.05, 3.63) is 0 Å². The van der Waals surface area contributed by atoms with E-state index in [1.165, 1.54) is 25.7 Å². The van der Waals surface area contributed by atoms with Crippen LogP contribution in [-0.4, -0.2) is 25.2 Å². The molecule has 1 saturated carbocycles. The van der Waals surface area contributed by atoms with Gasteiger partial charge < -0.3 is 10.1 Å². The molecule has 1 saturated heterocycles. The van der Waals surface area contributed by atoms with Crippen LogP contribution in [0.1, 0.15) is 44.9 Å². The van der Waals surface area contributed by atoms with Gasteiger partial charge in [0.05, 0.1) is 13.0 Å². The summed E-state index contributed by atoms with van der Waals surface area (Å²) in [6, 6.07) is 0.376.